The molecule has 0 aliphatic rings. The van der Waals surface area contributed by atoms with Crippen molar-refractivity contribution in [3.05, 3.63) is 68.6 Å². The first kappa shape index (κ1) is 13.6. The van der Waals surface area contributed by atoms with Crippen LogP contribution in [0.5, 0.6) is 0 Å². The van der Waals surface area contributed by atoms with Crippen molar-refractivity contribution in [3.63, 3.8) is 0 Å². The van der Waals surface area contributed by atoms with Crippen LogP contribution in [0.3, 0.4) is 0 Å². The normalized spacial score (nSPS) is 11.6. The molecule has 102 valence electrons. The first-order valence-corrected chi connectivity index (χ1v) is 8.51. The molecule has 0 nitrogen and oxygen atoms in total. The molecule has 0 aliphatic heterocycles. The Balaban J connectivity index is 2.27. The largest absolute Gasteiger partial charge is 0.0830 e. The summed E-state index contributed by atoms with van der Waals surface area (Å²) in [5.41, 5.74) is 0. The number of halogens is 3. The molecule has 0 saturated heterocycles. The van der Waals surface area contributed by atoms with Gasteiger partial charge >= 0.3 is 0 Å². The van der Waals surface area contributed by atoms with Gasteiger partial charge < -0.3 is 0 Å². The van der Waals surface area contributed by atoms with Gasteiger partial charge in [0.2, 0.25) is 0 Å². The van der Waals surface area contributed by atoms with Crippen molar-refractivity contribution in [1.82, 2.24) is 0 Å². The highest BCUT2D eigenvalue weighted by molar-refractivity contribution is 9.13. The monoisotopic (exact) mass is 418 g/mol. The fraction of sp³-hybridized carbons (Fsp3) is 0. The van der Waals surface area contributed by atoms with Gasteiger partial charge in [-0.05, 0) is 70.2 Å². The Labute approximate surface area is 144 Å². The molecule has 4 rings (SSSR count). The fourth-order valence-corrected chi connectivity index (χ4v) is 4.08. The second-order valence-electron chi connectivity index (χ2n) is 5.03. The predicted molar refractivity (Wildman–Crippen MR) is 99.4 cm³/mol. The van der Waals surface area contributed by atoms with E-state index < -0.39 is 0 Å². The van der Waals surface area contributed by atoms with Crippen LogP contribution < -0.4 is 0 Å². The topological polar surface area (TPSA) is 0 Å². The summed E-state index contributed by atoms with van der Waals surface area (Å²) in [7, 11) is 0. The standard InChI is InChI=1S/C18H9Br2Cl/c19-17-14-8-7-12-11-4-2-1-3-10(11)5-6-13(12)15(14)9-16(21)18(17)20/h1-9H. The molecule has 0 N–H and O–H groups in total. The summed E-state index contributed by atoms with van der Waals surface area (Å²) in [5, 5.41) is 8.05. The molecule has 0 fully saturated rings. The van der Waals surface area contributed by atoms with Crippen LogP contribution in [0.15, 0.2) is 63.5 Å². The predicted octanol–water partition coefficient (Wildman–Crippen LogP) is 7.32. The number of hydrogen-bond donors (Lipinski definition) is 0. The number of rotatable bonds is 0. The van der Waals surface area contributed by atoms with Crippen LogP contribution in [0.1, 0.15) is 0 Å². The molecule has 4 aromatic carbocycles. The van der Waals surface area contributed by atoms with Crippen molar-refractivity contribution in [2.45, 2.75) is 0 Å². The van der Waals surface area contributed by atoms with Crippen LogP contribution in [0.2, 0.25) is 5.02 Å². The van der Waals surface area contributed by atoms with Gasteiger partial charge in [-0.3, -0.25) is 0 Å². The summed E-state index contributed by atoms with van der Waals surface area (Å²) in [6.07, 6.45) is 0. The van der Waals surface area contributed by atoms with E-state index in [1.54, 1.807) is 0 Å². The Hall–Kier alpha value is -1.09. The average Bonchev–Trinajstić information content (AvgIpc) is 2.52. The van der Waals surface area contributed by atoms with Gasteiger partial charge in [0.15, 0.2) is 0 Å². The van der Waals surface area contributed by atoms with Crippen LogP contribution >= 0.6 is 43.5 Å². The van der Waals surface area contributed by atoms with E-state index in [4.69, 9.17) is 11.6 Å². The lowest BCUT2D eigenvalue weighted by molar-refractivity contribution is 1.67. The number of hydrogen-bond acceptors (Lipinski definition) is 0. The van der Waals surface area contributed by atoms with Gasteiger partial charge in [-0.25, -0.2) is 0 Å². The van der Waals surface area contributed by atoms with Gasteiger partial charge in [0.1, 0.15) is 0 Å². The van der Waals surface area contributed by atoms with Gasteiger partial charge in [0.25, 0.3) is 0 Å². The first-order valence-electron chi connectivity index (χ1n) is 6.54. The van der Waals surface area contributed by atoms with Crippen molar-refractivity contribution in [2.75, 3.05) is 0 Å². The minimum absolute atomic E-state index is 0.718. The van der Waals surface area contributed by atoms with Gasteiger partial charge in [0.05, 0.1) is 9.50 Å². The van der Waals surface area contributed by atoms with Crippen LogP contribution in [0.4, 0.5) is 0 Å². The SMILES string of the molecule is Clc1cc2c(ccc3c4ccccc4ccc23)c(Br)c1Br. The molecule has 0 bridgehead atoms. The lowest BCUT2D eigenvalue weighted by atomic mass is 9.97. The van der Waals surface area contributed by atoms with Crippen molar-refractivity contribution in [1.29, 1.82) is 0 Å². The maximum absolute atomic E-state index is 6.33. The van der Waals surface area contributed by atoms with Gasteiger partial charge in [-0.15, -0.1) is 0 Å². The Morgan fingerprint density at radius 3 is 2.14 bits per heavy atom. The third kappa shape index (κ3) is 2.01. The van der Waals surface area contributed by atoms with Gasteiger partial charge in [0, 0.05) is 4.47 Å². The van der Waals surface area contributed by atoms with Gasteiger partial charge in [-0.1, -0.05) is 60.1 Å². The lowest BCUT2D eigenvalue weighted by Gasteiger charge is -2.10. The van der Waals surface area contributed by atoms with Crippen molar-refractivity contribution in [3.8, 4) is 0 Å². The maximum atomic E-state index is 6.33. The average molecular weight is 421 g/mol. The molecule has 0 amide bonds. The Morgan fingerprint density at radius 2 is 1.29 bits per heavy atom. The summed E-state index contributed by atoms with van der Waals surface area (Å²) < 4.78 is 1.90. The third-order valence-electron chi connectivity index (χ3n) is 3.88. The molecule has 0 aromatic heterocycles. The van der Waals surface area contributed by atoms with Crippen molar-refractivity contribution >= 4 is 75.8 Å². The fourth-order valence-electron chi connectivity index (χ4n) is 2.87. The van der Waals surface area contributed by atoms with Crippen LogP contribution in [0, 0.1) is 0 Å². The quantitative estimate of drug-likeness (QED) is 0.206. The molecule has 3 heteroatoms. The zero-order valence-corrected chi connectivity index (χ0v) is 14.8. The number of fused-ring (bicyclic) bond motifs is 5. The molecule has 0 radical (unpaired) electrons. The van der Waals surface area contributed by atoms with E-state index in [1.165, 1.54) is 26.9 Å². The summed E-state index contributed by atoms with van der Waals surface area (Å²) in [4.78, 5) is 0. The summed E-state index contributed by atoms with van der Waals surface area (Å²) in [6.45, 7) is 0. The first-order chi connectivity index (χ1) is 10.2. The highest BCUT2D eigenvalue weighted by Gasteiger charge is 2.11. The molecule has 0 aliphatic carbocycles. The van der Waals surface area contributed by atoms with E-state index in [9.17, 15) is 0 Å². The smallest absolute Gasteiger partial charge is 0.0566 e. The Morgan fingerprint density at radius 1 is 0.619 bits per heavy atom. The zero-order valence-electron chi connectivity index (χ0n) is 10.8. The summed E-state index contributed by atoms with van der Waals surface area (Å²) in [6, 6.07) is 19.2. The molecule has 0 heterocycles. The van der Waals surface area contributed by atoms with E-state index in [-0.39, 0.29) is 0 Å². The van der Waals surface area contributed by atoms with E-state index >= 15 is 0 Å². The molecule has 0 atom stereocenters. The minimum Gasteiger partial charge on any atom is -0.0830 e. The van der Waals surface area contributed by atoms with E-state index in [0.29, 0.717) is 0 Å². The summed E-state index contributed by atoms with van der Waals surface area (Å²) >= 11 is 13.5. The van der Waals surface area contributed by atoms with E-state index in [0.717, 1.165) is 19.4 Å². The lowest BCUT2D eigenvalue weighted by Crippen LogP contribution is -1.83. The van der Waals surface area contributed by atoms with E-state index in [2.05, 4.69) is 80.4 Å². The summed E-state index contributed by atoms with van der Waals surface area (Å²) in [5.74, 6) is 0. The molecule has 0 spiro atoms. The van der Waals surface area contributed by atoms with Crippen molar-refractivity contribution in [2.24, 2.45) is 0 Å². The molecular weight excluding hydrogens is 411 g/mol. The zero-order chi connectivity index (χ0) is 14.6. The van der Waals surface area contributed by atoms with E-state index in [1.807, 2.05) is 6.07 Å². The minimum atomic E-state index is 0.718. The van der Waals surface area contributed by atoms with Gasteiger partial charge in [-0.2, -0.15) is 0 Å². The molecule has 0 unspecified atom stereocenters. The second kappa shape index (κ2) is 4.98. The molecule has 4 aromatic rings. The van der Waals surface area contributed by atoms with Crippen LogP contribution in [-0.4, -0.2) is 0 Å². The maximum Gasteiger partial charge on any atom is 0.0566 e. The molecule has 21 heavy (non-hydrogen) atoms. The Kier molecular flexibility index (Phi) is 3.21. The highest BCUT2D eigenvalue weighted by atomic mass is 79.9. The molecular formula is C18H9Br2Cl. The Bertz CT molecular complexity index is 1020. The van der Waals surface area contributed by atoms with Crippen molar-refractivity contribution < 1.29 is 0 Å². The second-order valence-corrected chi connectivity index (χ2v) is 7.02. The molecule has 0 saturated carbocycles. The third-order valence-corrected chi connectivity index (χ3v) is 6.58. The highest BCUT2D eigenvalue weighted by Crippen LogP contribution is 2.40. The number of benzene rings is 4. The van der Waals surface area contributed by atoms with Crippen LogP contribution in [-0.2, 0) is 0 Å². The van der Waals surface area contributed by atoms with Crippen LogP contribution in [0.25, 0.3) is 32.3 Å².